The predicted molar refractivity (Wildman–Crippen MR) is 188 cm³/mol. The van der Waals surface area contributed by atoms with Crippen LogP contribution < -0.4 is 9.47 Å². The van der Waals surface area contributed by atoms with Crippen LogP contribution in [0.1, 0.15) is 53.0 Å². The average molecular weight is 663 g/mol. The summed E-state index contributed by atoms with van der Waals surface area (Å²) in [5, 5.41) is 12.1. The van der Waals surface area contributed by atoms with E-state index in [0.29, 0.717) is 68.5 Å². The number of imidazole rings is 1. The molecule has 1 unspecified atom stereocenters. The number of fused-ring (bicyclic) bond motifs is 1. The SMILES string of the molecule is COc1ccc(C2(CCN3CCC(O)(c4nc5ccccc5n4Cc4ccc(F)cc4)CC3)CCN(C(=O)c3ccccc3)C2)cc1OC. The zero-order valence-electron chi connectivity index (χ0n) is 28.1. The number of nitrogens with zero attached hydrogens (tertiary/aromatic N) is 4. The van der Waals surface area contributed by atoms with Crippen LogP contribution in [0.5, 0.6) is 11.5 Å². The van der Waals surface area contributed by atoms with Crippen LogP contribution in [0.25, 0.3) is 11.0 Å². The van der Waals surface area contributed by atoms with Gasteiger partial charge in [0.25, 0.3) is 5.91 Å². The average Bonchev–Trinajstić information content (AvgIpc) is 3.75. The summed E-state index contributed by atoms with van der Waals surface area (Å²) in [4.78, 5) is 22.9. The number of carbonyl (C=O) groups excluding carboxylic acids is 1. The number of hydrogen-bond donors (Lipinski definition) is 1. The molecule has 0 saturated carbocycles. The first-order valence-electron chi connectivity index (χ1n) is 17.0. The third kappa shape index (κ3) is 6.53. The van der Waals surface area contributed by atoms with Gasteiger partial charge in [0.15, 0.2) is 11.5 Å². The van der Waals surface area contributed by atoms with Crippen molar-refractivity contribution in [3.05, 3.63) is 125 Å². The lowest BCUT2D eigenvalue weighted by molar-refractivity contribution is -0.0359. The van der Waals surface area contributed by atoms with E-state index in [9.17, 15) is 14.3 Å². The maximum Gasteiger partial charge on any atom is 0.253 e. The Morgan fingerprint density at radius 3 is 2.31 bits per heavy atom. The molecule has 9 heteroatoms. The highest BCUT2D eigenvalue weighted by Crippen LogP contribution is 2.43. The molecule has 2 saturated heterocycles. The van der Waals surface area contributed by atoms with Crippen molar-refractivity contribution >= 4 is 16.9 Å². The number of benzene rings is 4. The van der Waals surface area contributed by atoms with Gasteiger partial charge in [-0.2, -0.15) is 0 Å². The Bertz CT molecular complexity index is 1920. The maximum absolute atomic E-state index is 13.7. The van der Waals surface area contributed by atoms with E-state index in [-0.39, 0.29) is 17.1 Å². The number of para-hydroxylation sites is 2. The van der Waals surface area contributed by atoms with Gasteiger partial charge in [0.05, 0.1) is 25.3 Å². The summed E-state index contributed by atoms with van der Waals surface area (Å²) in [6, 6.07) is 30.1. The largest absolute Gasteiger partial charge is 0.493 e. The molecule has 1 N–H and O–H groups in total. The Hall–Kier alpha value is -4.73. The Morgan fingerprint density at radius 2 is 1.57 bits per heavy atom. The number of hydrogen-bond acceptors (Lipinski definition) is 6. The summed E-state index contributed by atoms with van der Waals surface area (Å²) in [5.74, 6) is 1.79. The van der Waals surface area contributed by atoms with Gasteiger partial charge in [-0.3, -0.25) is 4.79 Å². The van der Waals surface area contributed by atoms with Crippen LogP contribution in [0.2, 0.25) is 0 Å². The van der Waals surface area contributed by atoms with Crippen LogP contribution in [0.15, 0.2) is 97.1 Å². The van der Waals surface area contributed by atoms with E-state index in [1.54, 1.807) is 26.4 Å². The second-order valence-corrected chi connectivity index (χ2v) is 13.5. The molecular weight excluding hydrogens is 619 g/mol. The van der Waals surface area contributed by atoms with Crippen molar-refractivity contribution in [1.82, 2.24) is 19.4 Å². The number of halogens is 1. The van der Waals surface area contributed by atoms with Gasteiger partial charge in [0.2, 0.25) is 0 Å². The molecule has 0 radical (unpaired) electrons. The van der Waals surface area contributed by atoms with Crippen molar-refractivity contribution in [1.29, 1.82) is 0 Å². The fourth-order valence-electron chi connectivity index (χ4n) is 7.66. The molecule has 1 atom stereocenters. The Morgan fingerprint density at radius 1 is 0.857 bits per heavy atom. The molecule has 7 rings (SSSR count). The molecule has 0 bridgehead atoms. The third-order valence-corrected chi connectivity index (χ3v) is 10.6. The molecular formula is C40H43FN4O4. The van der Waals surface area contributed by atoms with Crippen molar-refractivity contribution in [2.45, 2.75) is 43.2 Å². The molecule has 49 heavy (non-hydrogen) atoms. The highest BCUT2D eigenvalue weighted by Gasteiger charge is 2.43. The third-order valence-electron chi connectivity index (χ3n) is 10.6. The van der Waals surface area contributed by atoms with E-state index < -0.39 is 5.60 Å². The summed E-state index contributed by atoms with van der Waals surface area (Å²) < 4.78 is 27.0. The minimum Gasteiger partial charge on any atom is -0.493 e. The fourth-order valence-corrected chi connectivity index (χ4v) is 7.66. The van der Waals surface area contributed by atoms with Crippen molar-refractivity contribution in [3.8, 4) is 11.5 Å². The lowest BCUT2D eigenvalue weighted by Gasteiger charge is -2.40. The molecule has 254 valence electrons. The lowest BCUT2D eigenvalue weighted by Crippen LogP contribution is -2.45. The van der Waals surface area contributed by atoms with Crippen LogP contribution >= 0.6 is 0 Å². The number of ether oxygens (including phenoxy) is 2. The van der Waals surface area contributed by atoms with E-state index in [0.717, 1.165) is 41.5 Å². The number of aromatic nitrogens is 2. The summed E-state index contributed by atoms with van der Waals surface area (Å²) in [5.41, 5.74) is 3.21. The van der Waals surface area contributed by atoms with Crippen molar-refractivity contribution < 1.29 is 23.8 Å². The van der Waals surface area contributed by atoms with Crippen molar-refractivity contribution in [2.75, 3.05) is 46.9 Å². The normalized spacial score (nSPS) is 19.3. The van der Waals surface area contributed by atoms with Gasteiger partial charge in [-0.25, -0.2) is 9.37 Å². The molecule has 1 amide bonds. The summed E-state index contributed by atoms with van der Waals surface area (Å²) in [6.07, 6.45) is 2.78. The second kappa shape index (κ2) is 13.6. The second-order valence-electron chi connectivity index (χ2n) is 13.5. The first kappa shape index (κ1) is 32.8. The zero-order valence-corrected chi connectivity index (χ0v) is 28.1. The molecule has 4 aromatic carbocycles. The molecule has 2 fully saturated rings. The first-order chi connectivity index (χ1) is 23.8. The molecule has 5 aromatic rings. The smallest absolute Gasteiger partial charge is 0.253 e. The minimum absolute atomic E-state index is 0.0505. The number of rotatable bonds is 10. The molecule has 1 aromatic heterocycles. The molecule has 0 aliphatic carbocycles. The van der Waals surface area contributed by atoms with Gasteiger partial charge >= 0.3 is 0 Å². The molecule has 2 aliphatic rings. The lowest BCUT2D eigenvalue weighted by atomic mass is 9.76. The van der Waals surface area contributed by atoms with Gasteiger partial charge in [0.1, 0.15) is 17.2 Å². The van der Waals surface area contributed by atoms with Gasteiger partial charge in [0, 0.05) is 43.7 Å². The van der Waals surface area contributed by atoms with Gasteiger partial charge in [-0.15, -0.1) is 0 Å². The standard InChI is InChI=1S/C40H43FN4O4/c1-48-35-17-14-31(26-36(35)49-2)39(19-25-44(28-39)37(46)30-8-4-3-5-9-30)18-22-43-23-20-40(47,21-24-43)38-42-33-10-6-7-11-34(33)45(38)27-29-12-15-32(41)16-13-29/h3-17,26,47H,18-25,27-28H2,1-2H3. The topological polar surface area (TPSA) is 80.1 Å². The zero-order chi connectivity index (χ0) is 34.0. The summed E-state index contributed by atoms with van der Waals surface area (Å²) in [7, 11) is 3.29. The Kier molecular flexibility index (Phi) is 9.13. The van der Waals surface area contributed by atoms with Crippen LogP contribution in [0.3, 0.4) is 0 Å². The number of amides is 1. The van der Waals surface area contributed by atoms with Crippen LogP contribution in [0.4, 0.5) is 4.39 Å². The van der Waals surface area contributed by atoms with Crippen molar-refractivity contribution in [3.63, 3.8) is 0 Å². The number of aliphatic hydroxyl groups is 1. The Labute approximate surface area is 286 Å². The van der Waals surface area contributed by atoms with Crippen LogP contribution in [-0.2, 0) is 17.6 Å². The minimum atomic E-state index is -1.09. The fraction of sp³-hybridized carbons (Fsp3) is 0.350. The van der Waals surface area contributed by atoms with E-state index in [1.165, 1.54) is 12.1 Å². The highest BCUT2D eigenvalue weighted by molar-refractivity contribution is 5.94. The molecule has 0 spiro atoms. The van der Waals surface area contributed by atoms with E-state index in [1.807, 2.05) is 65.6 Å². The molecule has 3 heterocycles. The van der Waals surface area contributed by atoms with E-state index in [4.69, 9.17) is 14.5 Å². The Balaban J connectivity index is 1.10. The summed E-state index contributed by atoms with van der Waals surface area (Å²) >= 11 is 0. The number of piperidine rings is 1. The monoisotopic (exact) mass is 662 g/mol. The first-order valence-corrected chi connectivity index (χ1v) is 17.0. The number of methoxy groups -OCH3 is 2. The molecule has 8 nitrogen and oxygen atoms in total. The van der Waals surface area contributed by atoms with E-state index in [2.05, 4.69) is 21.6 Å². The van der Waals surface area contributed by atoms with Gasteiger partial charge in [-0.05, 0) is 91.9 Å². The van der Waals surface area contributed by atoms with Crippen LogP contribution in [0, 0.1) is 5.82 Å². The van der Waals surface area contributed by atoms with E-state index >= 15 is 0 Å². The molecule has 2 aliphatic heterocycles. The van der Waals surface area contributed by atoms with Gasteiger partial charge in [-0.1, -0.05) is 48.5 Å². The van der Waals surface area contributed by atoms with Crippen molar-refractivity contribution in [2.24, 2.45) is 0 Å². The van der Waals surface area contributed by atoms with Crippen LogP contribution in [-0.4, -0.2) is 77.3 Å². The summed E-state index contributed by atoms with van der Waals surface area (Å²) in [6.45, 7) is 4.03. The quantitative estimate of drug-likeness (QED) is 0.187. The highest BCUT2D eigenvalue weighted by atomic mass is 19.1. The maximum atomic E-state index is 13.7. The predicted octanol–water partition coefficient (Wildman–Crippen LogP) is 6.40. The van der Waals surface area contributed by atoms with Gasteiger partial charge < -0.3 is 28.9 Å². The number of likely N-dealkylation sites (tertiary alicyclic amines) is 2. The number of carbonyl (C=O) groups is 1.